The van der Waals surface area contributed by atoms with E-state index in [0.717, 1.165) is 6.42 Å². The summed E-state index contributed by atoms with van der Waals surface area (Å²) < 4.78 is 0. The minimum absolute atomic E-state index is 1.05. The minimum atomic E-state index is 1.05. The molecule has 1 aromatic rings. The van der Waals surface area contributed by atoms with E-state index in [-0.39, 0.29) is 0 Å². The molecular formula is C14H14. The molecule has 0 aliphatic heterocycles. The van der Waals surface area contributed by atoms with Gasteiger partial charge in [0.25, 0.3) is 0 Å². The van der Waals surface area contributed by atoms with E-state index in [4.69, 9.17) is 0 Å². The molecule has 0 heteroatoms. The lowest BCUT2D eigenvalue weighted by atomic mass is 10.0. The van der Waals surface area contributed by atoms with Crippen LogP contribution in [0.25, 0.3) is 5.57 Å². The van der Waals surface area contributed by atoms with Crippen LogP contribution < -0.4 is 0 Å². The molecule has 0 N–H and O–H groups in total. The fourth-order valence-corrected chi connectivity index (χ4v) is 1.57. The van der Waals surface area contributed by atoms with Crippen molar-refractivity contribution >= 4 is 5.57 Å². The highest BCUT2D eigenvalue weighted by Crippen LogP contribution is 2.20. The molecule has 0 amide bonds. The zero-order valence-corrected chi connectivity index (χ0v) is 8.40. The summed E-state index contributed by atoms with van der Waals surface area (Å²) in [6.07, 6.45) is 9.81. The first-order chi connectivity index (χ1) is 6.86. The third kappa shape index (κ3) is 2.02. The summed E-state index contributed by atoms with van der Waals surface area (Å²) >= 11 is 0. The Bertz CT molecular complexity index is 391. The Morgan fingerprint density at radius 1 is 1.07 bits per heavy atom. The summed E-state index contributed by atoms with van der Waals surface area (Å²) in [5.41, 5.74) is 4.03. The molecule has 1 aromatic carbocycles. The van der Waals surface area contributed by atoms with Crippen LogP contribution >= 0.6 is 0 Å². The second-order valence-electron chi connectivity index (χ2n) is 3.60. The monoisotopic (exact) mass is 182 g/mol. The van der Waals surface area contributed by atoms with Gasteiger partial charge in [-0.2, -0.15) is 0 Å². The van der Waals surface area contributed by atoms with Gasteiger partial charge in [0, 0.05) is 0 Å². The molecule has 0 fully saturated rings. The highest BCUT2D eigenvalue weighted by atomic mass is 14.0. The first-order valence-electron chi connectivity index (χ1n) is 4.96. The largest absolute Gasteiger partial charge is 0.0726 e. The second-order valence-corrected chi connectivity index (χ2v) is 3.60. The molecule has 0 saturated carbocycles. The van der Waals surface area contributed by atoms with Crippen LogP contribution in [-0.2, 0) is 0 Å². The van der Waals surface area contributed by atoms with Gasteiger partial charge in [-0.05, 0) is 24.5 Å². The Kier molecular flexibility index (Phi) is 2.64. The Morgan fingerprint density at radius 2 is 1.86 bits per heavy atom. The van der Waals surface area contributed by atoms with Crippen molar-refractivity contribution in [1.82, 2.24) is 0 Å². The van der Waals surface area contributed by atoms with Gasteiger partial charge in [0.2, 0.25) is 0 Å². The maximum absolute atomic E-state index is 2.28. The van der Waals surface area contributed by atoms with Gasteiger partial charge >= 0.3 is 0 Å². The van der Waals surface area contributed by atoms with Gasteiger partial charge in [-0.25, -0.2) is 0 Å². The van der Waals surface area contributed by atoms with Crippen molar-refractivity contribution in [2.24, 2.45) is 0 Å². The van der Waals surface area contributed by atoms with Gasteiger partial charge in [-0.1, -0.05) is 60.2 Å². The first-order valence-corrected chi connectivity index (χ1v) is 4.96. The van der Waals surface area contributed by atoms with Crippen molar-refractivity contribution < 1.29 is 0 Å². The van der Waals surface area contributed by atoms with Crippen LogP contribution in [0, 0.1) is 0 Å². The van der Waals surface area contributed by atoms with E-state index in [1.807, 2.05) is 6.07 Å². The van der Waals surface area contributed by atoms with Gasteiger partial charge in [0.1, 0.15) is 0 Å². The standard InChI is InChI=1S/C14H14/c1-12-6-5-9-14(11-10-12)13-7-3-2-4-8-13/h2-9,11H,10H2,1H3. The van der Waals surface area contributed by atoms with Crippen LogP contribution in [0.2, 0.25) is 0 Å². The van der Waals surface area contributed by atoms with Crippen molar-refractivity contribution in [3.05, 3.63) is 65.8 Å². The van der Waals surface area contributed by atoms with E-state index < -0.39 is 0 Å². The number of hydrogen-bond donors (Lipinski definition) is 0. The zero-order chi connectivity index (χ0) is 9.80. The van der Waals surface area contributed by atoms with Crippen LogP contribution in [0.15, 0.2) is 60.2 Å². The van der Waals surface area contributed by atoms with Gasteiger partial charge in [0.15, 0.2) is 0 Å². The van der Waals surface area contributed by atoms with E-state index in [1.54, 1.807) is 0 Å². The lowest BCUT2D eigenvalue weighted by Crippen LogP contribution is -1.79. The molecule has 0 bridgehead atoms. The Labute approximate surface area is 85.3 Å². The van der Waals surface area contributed by atoms with E-state index in [2.05, 4.69) is 55.5 Å². The molecule has 2 rings (SSSR count). The maximum atomic E-state index is 2.28. The molecule has 0 aromatic heterocycles. The van der Waals surface area contributed by atoms with Crippen molar-refractivity contribution in [2.75, 3.05) is 0 Å². The number of rotatable bonds is 1. The highest BCUT2D eigenvalue weighted by molar-refractivity contribution is 5.75. The zero-order valence-electron chi connectivity index (χ0n) is 8.40. The topological polar surface area (TPSA) is 0 Å². The Morgan fingerprint density at radius 3 is 2.64 bits per heavy atom. The smallest absolute Gasteiger partial charge is 0.0129 e. The van der Waals surface area contributed by atoms with Crippen molar-refractivity contribution in [1.29, 1.82) is 0 Å². The lowest BCUT2D eigenvalue weighted by molar-refractivity contribution is 1.22. The third-order valence-electron chi connectivity index (χ3n) is 2.41. The van der Waals surface area contributed by atoms with Crippen LogP contribution in [-0.4, -0.2) is 0 Å². The van der Waals surface area contributed by atoms with E-state index >= 15 is 0 Å². The molecular weight excluding hydrogens is 168 g/mol. The van der Waals surface area contributed by atoms with Crippen LogP contribution in [0.4, 0.5) is 0 Å². The van der Waals surface area contributed by atoms with Gasteiger partial charge in [-0.15, -0.1) is 0 Å². The summed E-state index contributed by atoms with van der Waals surface area (Å²) in [6, 6.07) is 10.5. The van der Waals surface area contributed by atoms with Crippen molar-refractivity contribution in [3.8, 4) is 0 Å². The average Bonchev–Trinajstić information content (AvgIpc) is 2.44. The Balaban J connectivity index is 2.30. The number of hydrogen-bond acceptors (Lipinski definition) is 0. The molecule has 0 unspecified atom stereocenters. The minimum Gasteiger partial charge on any atom is -0.0726 e. The fraction of sp³-hybridized carbons (Fsp3) is 0.143. The molecule has 0 spiro atoms. The summed E-state index contributed by atoms with van der Waals surface area (Å²) in [5, 5.41) is 0. The molecule has 1 aliphatic rings. The molecule has 0 nitrogen and oxygen atoms in total. The lowest BCUT2D eigenvalue weighted by Gasteiger charge is -2.00. The molecule has 0 saturated heterocycles. The fourth-order valence-electron chi connectivity index (χ4n) is 1.57. The summed E-state index contributed by atoms with van der Waals surface area (Å²) in [6.45, 7) is 2.16. The molecule has 0 atom stereocenters. The van der Waals surface area contributed by atoms with Gasteiger partial charge in [0.05, 0.1) is 0 Å². The predicted octanol–water partition coefficient (Wildman–Crippen LogP) is 3.98. The van der Waals surface area contributed by atoms with Gasteiger partial charge in [-0.3, -0.25) is 0 Å². The third-order valence-corrected chi connectivity index (χ3v) is 2.41. The highest BCUT2D eigenvalue weighted by Gasteiger charge is 1.98. The van der Waals surface area contributed by atoms with Gasteiger partial charge < -0.3 is 0 Å². The van der Waals surface area contributed by atoms with E-state index in [0.29, 0.717) is 0 Å². The molecule has 0 radical (unpaired) electrons. The number of benzene rings is 1. The molecule has 1 aliphatic carbocycles. The van der Waals surface area contributed by atoms with E-state index in [9.17, 15) is 0 Å². The SMILES string of the molecule is CC1=CC=CC(c2ccccc2)=CC1. The van der Waals surface area contributed by atoms with Crippen LogP contribution in [0.3, 0.4) is 0 Å². The predicted molar refractivity (Wildman–Crippen MR) is 61.9 cm³/mol. The first kappa shape index (κ1) is 9.01. The van der Waals surface area contributed by atoms with Crippen LogP contribution in [0.5, 0.6) is 0 Å². The molecule has 0 heterocycles. The summed E-state index contributed by atoms with van der Waals surface area (Å²) in [5.74, 6) is 0. The molecule has 14 heavy (non-hydrogen) atoms. The molecule has 70 valence electrons. The summed E-state index contributed by atoms with van der Waals surface area (Å²) in [4.78, 5) is 0. The summed E-state index contributed by atoms with van der Waals surface area (Å²) in [7, 11) is 0. The van der Waals surface area contributed by atoms with Crippen LogP contribution in [0.1, 0.15) is 18.9 Å². The normalized spacial score (nSPS) is 15.8. The van der Waals surface area contributed by atoms with Crippen molar-refractivity contribution in [3.63, 3.8) is 0 Å². The quantitative estimate of drug-likeness (QED) is 0.616. The van der Waals surface area contributed by atoms with Crippen molar-refractivity contribution in [2.45, 2.75) is 13.3 Å². The van der Waals surface area contributed by atoms with E-state index in [1.165, 1.54) is 16.7 Å². The average molecular weight is 182 g/mol. The Hall–Kier alpha value is -1.56. The second kappa shape index (κ2) is 4.10. The maximum Gasteiger partial charge on any atom is -0.0129 e. The number of allylic oxidation sites excluding steroid dienone is 6.